The number of ether oxygens (including phenoxy) is 2. The van der Waals surface area contributed by atoms with Gasteiger partial charge in [0.05, 0.1) is 25.4 Å². The van der Waals surface area contributed by atoms with Gasteiger partial charge in [-0.1, -0.05) is 116 Å². The van der Waals surface area contributed by atoms with Crippen LogP contribution in [-0.2, 0) is 14.3 Å². The molecular weight excluding hydrogens is 526 g/mol. The van der Waals surface area contributed by atoms with Crippen LogP contribution >= 0.6 is 0 Å². The first-order valence-corrected chi connectivity index (χ1v) is 16.4. The van der Waals surface area contributed by atoms with E-state index in [0.29, 0.717) is 6.42 Å². The van der Waals surface area contributed by atoms with E-state index in [2.05, 4.69) is 19.2 Å². The summed E-state index contributed by atoms with van der Waals surface area (Å²) < 4.78 is 11.0. The summed E-state index contributed by atoms with van der Waals surface area (Å²) in [5.41, 5.74) is 0. The van der Waals surface area contributed by atoms with Crippen LogP contribution in [-0.4, -0.2) is 87.5 Å². The highest BCUT2D eigenvalue weighted by molar-refractivity contribution is 5.76. The lowest BCUT2D eigenvalue weighted by atomic mass is 9.99. The van der Waals surface area contributed by atoms with Gasteiger partial charge >= 0.3 is 0 Å². The molecule has 9 nitrogen and oxygen atoms in total. The highest BCUT2D eigenvalue weighted by atomic mass is 16.7. The van der Waals surface area contributed by atoms with E-state index in [-0.39, 0.29) is 12.5 Å². The molecule has 0 bridgehead atoms. The lowest BCUT2D eigenvalue weighted by Gasteiger charge is -2.40. The van der Waals surface area contributed by atoms with Crippen LogP contribution in [0.3, 0.4) is 0 Å². The molecule has 0 aromatic heterocycles. The number of unbranched alkanes of at least 4 members (excludes halogenated alkanes) is 15. The lowest BCUT2D eigenvalue weighted by Crippen LogP contribution is -2.60. The van der Waals surface area contributed by atoms with Crippen molar-refractivity contribution >= 4 is 5.91 Å². The molecule has 6 N–H and O–H groups in total. The number of hydrogen-bond acceptors (Lipinski definition) is 8. The Labute approximate surface area is 248 Å². The van der Waals surface area contributed by atoms with Gasteiger partial charge in [-0.15, -0.1) is 0 Å². The number of carbonyl (C=O) groups is 1. The van der Waals surface area contributed by atoms with Gasteiger partial charge in [0, 0.05) is 6.42 Å². The fourth-order valence-electron chi connectivity index (χ4n) is 5.09. The molecule has 0 saturated carbocycles. The average molecular weight is 588 g/mol. The van der Waals surface area contributed by atoms with Crippen LogP contribution in [0.2, 0.25) is 0 Å². The molecule has 9 heteroatoms. The average Bonchev–Trinajstić information content (AvgIpc) is 2.97. The molecule has 1 aliphatic heterocycles. The van der Waals surface area contributed by atoms with Crippen molar-refractivity contribution in [1.82, 2.24) is 5.32 Å². The van der Waals surface area contributed by atoms with E-state index in [1.54, 1.807) is 6.08 Å². The molecule has 7 atom stereocenters. The fourth-order valence-corrected chi connectivity index (χ4v) is 5.09. The first kappa shape index (κ1) is 38.0. The predicted octanol–water partition coefficient (Wildman–Crippen LogP) is 4.27. The zero-order valence-corrected chi connectivity index (χ0v) is 25.8. The molecule has 242 valence electrons. The maximum Gasteiger partial charge on any atom is 0.220 e. The second kappa shape index (κ2) is 24.4. The summed E-state index contributed by atoms with van der Waals surface area (Å²) in [4.78, 5) is 12.6. The van der Waals surface area contributed by atoms with Gasteiger partial charge in [0.1, 0.15) is 24.4 Å². The number of allylic oxidation sites excluding steroid dienone is 1. The summed E-state index contributed by atoms with van der Waals surface area (Å²) in [6.45, 7) is 3.63. The van der Waals surface area contributed by atoms with Gasteiger partial charge in [-0.25, -0.2) is 0 Å². The molecule has 7 unspecified atom stereocenters. The third-order valence-corrected chi connectivity index (χ3v) is 7.86. The van der Waals surface area contributed by atoms with Crippen molar-refractivity contribution in [2.75, 3.05) is 13.2 Å². The SMILES string of the molecule is CCCCCCCCCCCCCC=CC(O)C(COC1OC(CO)C(O)C(O)C1O)NC(=O)CCCCCCC. The number of aliphatic hydroxyl groups excluding tert-OH is 5. The minimum Gasteiger partial charge on any atom is -0.394 e. The number of amides is 1. The summed E-state index contributed by atoms with van der Waals surface area (Å²) in [6, 6.07) is -0.793. The third-order valence-electron chi connectivity index (χ3n) is 7.86. The number of hydrogen-bond donors (Lipinski definition) is 6. The first-order valence-electron chi connectivity index (χ1n) is 16.4. The Morgan fingerprint density at radius 3 is 1.90 bits per heavy atom. The van der Waals surface area contributed by atoms with Crippen LogP contribution in [0.1, 0.15) is 129 Å². The second-order valence-corrected chi connectivity index (χ2v) is 11.6. The highest BCUT2D eigenvalue weighted by Gasteiger charge is 2.44. The summed E-state index contributed by atoms with van der Waals surface area (Å²) in [5.74, 6) is -0.193. The molecule has 1 heterocycles. The van der Waals surface area contributed by atoms with Crippen molar-refractivity contribution in [3.63, 3.8) is 0 Å². The molecule has 1 amide bonds. The van der Waals surface area contributed by atoms with Crippen molar-refractivity contribution in [1.29, 1.82) is 0 Å². The van der Waals surface area contributed by atoms with Gasteiger partial charge in [-0.05, 0) is 19.3 Å². The van der Waals surface area contributed by atoms with Crippen LogP contribution in [0.15, 0.2) is 12.2 Å². The van der Waals surface area contributed by atoms with Crippen LogP contribution in [0, 0.1) is 0 Å². The van der Waals surface area contributed by atoms with Crippen molar-refractivity contribution in [2.24, 2.45) is 0 Å². The standard InChI is InChI=1S/C32H61NO8/c1-3-5-7-9-10-11-12-13-14-15-16-18-19-21-26(35)25(33-28(36)22-20-17-8-6-4-2)24-40-32-31(39)30(38)29(37)27(23-34)41-32/h19,21,25-27,29-32,34-35,37-39H,3-18,20,22-24H2,1-2H3,(H,33,36). The lowest BCUT2D eigenvalue weighted by molar-refractivity contribution is -0.302. The maximum atomic E-state index is 12.6. The predicted molar refractivity (Wildman–Crippen MR) is 161 cm³/mol. The molecule has 41 heavy (non-hydrogen) atoms. The van der Waals surface area contributed by atoms with E-state index in [1.165, 1.54) is 57.8 Å². The first-order chi connectivity index (χ1) is 19.8. The molecule has 1 rings (SSSR count). The monoisotopic (exact) mass is 587 g/mol. The normalized spacial score (nSPS) is 24.5. The van der Waals surface area contributed by atoms with E-state index in [0.717, 1.165) is 51.4 Å². The van der Waals surface area contributed by atoms with Gasteiger partial charge in [0.25, 0.3) is 0 Å². The largest absolute Gasteiger partial charge is 0.394 e. The number of nitrogens with one attached hydrogen (secondary N) is 1. The van der Waals surface area contributed by atoms with Crippen LogP contribution in [0.5, 0.6) is 0 Å². The van der Waals surface area contributed by atoms with Crippen molar-refractivity contribution in [2.45, 2.75) is 172 Å². The molecule has 0 aromatic carbocycles. The van der Waals surface area contributed by atoms with Gasteiger partial charge in [-0.3, -0.25) is 4.79 Å². The van der Waals surface area contributed by atoms with Crippen molar-refractivity contribution < 1.29 is 39.8 Å². The minimum absolute atomic E-state index is 0.186. The summed E-state index contributed by atoms with van der Waals surface area (Å²) >= 11 is 0. The van der Waals surface area contributed by atoms with Gasteiger partial charge in [-0.2, -0.15) is 0 Å². The van der Waals surface area contributed by atoms with E-state index in [9.17, 15) is 30.3 Å². The Balaban J connectivity index is 2.50. The van der Waals surface area contributed by atoms with E-state index >= 15 is 0 Å². The van der Waals surface area contributed by atoms with Gasteiger partial charge in [0.2, 0.25) is 5.91 Å². The molecule has 0 spiro atoms. The molecular formula is C32H61NO8. The van der Waals surface area contributed by atoms with E-state index in [4.69, 9.17) is 9.47 Å². The van der Waals surface area contributed by atoms with E-state index in [1.807, 2.05) is 6.08 Å². The Morgan fingerprint density at radius 2 is 1.34 bits per heavy atom. The Kier molecular flexibility index (Phi) is 22.6. The zero-order valence-electron chi connectivity index (χ0n) is 25.8. The number of aliphatic hydroxyl groups is 5. The highest BCUT2D eigenvalue weighted by Crippen LogP contribution is 2.22. The second-order valence-electron chi connectivity index (χ2n) is 11.6. The molecule has 0 radical (unpaired) electrons. The Hall–Kier alpha value is -1.07. The van der Waals surface area contributed by atoms with Gasteiger partial charge < -0.3 is 40.3 Å². The summed E-state index contributed by atoms with van der Waals surface area (Å²) in [6.07, 6.45) is 15.8. The summed E-state index contributed by atoms with van der Waals surface area (Å²) in [7, 11) is 0. The van der Waals surface area contributed by atoms with Crippen molar-refractivity contribution in [3.8, 4) is 0 Å². The maximum absolute atomic E-state index is 12.6. The fraction of sp³-hybridized carbons (Fsp3) is 0.906. The molecule has 0 aliphatic carbocycles. The Morgan fingerprint density at radius 1 is 0.805 bits per heavy atom. The van der Waals surface area contributed by atoms with Crippen LogP contribution < -0.4 is 5.32 Å². The smallest absolute Gasteiger partial charge is 0.220 e. The Bertz CT molecular complexity index is 662. The molecule has 1 saturated heterocycles. The molecule has 1 aliphatic rings. The zero-order chi connectivity index (χ0) is 30.3. The van der Waals surface area contributed by atoms with Crippen molar-refractivity contribution in [3.05, 3.63) is 12.2 Å². The van der Waals surface area contributed by atoms with Gasteiger partial charge in [0.15, 0.2) is 6.29 Å². The van der Waals surface area contributed by atoms with Crippen LogP contribution in [0.25, 0.3) is 0 Å². The summed E-state index contributed by atoms with van der Waals surface area (Å²) in [5, 5.41) is 53.4. The quantitative estimate of drug-likeness (QED) is 0.0685. The van der Waals surface area contributed by atoms with Crippen LogP contribution in [0.4, 0.5) is 0 Å². The molecule has 1 fully saturated rings. The molecule has 0 aromatic rings. The third kappa shape index (κ3) is 17.0. The van der Waals surface area contributed by atoms with E-state index < -0.39 is 49.5 Å². The topological polar surface area (TPSA) is 149 Å². The minimum atomic E-state index is -1.56. The number of rotatable bonds is 25. The number of carbonyl (C=O) groups excluding carboxylic acids is 1.